The van der Waals surface area contributed by atoms with Gasteiger partial charge in [0.25, 0.3) is 0 Å². The van der Waals surface area contributed by atoms with E-state index >= 15 is 0 Å². The molecule has 116 valence electrons. The lowest BCUT2D eigenvalue weighted by Gasteiger charge is -2.18. The van der Waals surface area contributed by atoms with Crippen molar-refractivity contribution in [3.8, 4) is 0 Å². The Balaban J connectivity index is 0.00000361. The minimum atomic E-state index is -3.82. The van der Waals surface area contributed by atoms with Gasteiger partial charge in [0, 0.05) is 17.6 Å². The highest BCUT2D eigenvalue weighted by atomic mass is 35.5. The van der Waals surface area contributed by atoms with E-state index in [0.717, 1.165) is 12.1 Å². The number of nitrogens with one attached hydrogen (secondary N) is 1. The molecule has 1 rings (SSSR count). The van der Waals surface area contributed by atoms with Gasteiger partial charge in [0.1, 0.15) is 5.82 Å². The molecule has 0 fully saturated rings. The Hall–Kier alpha value is -0.400. The summed E-state index contributed by atoms with van der Waals surface area (Å²) in [6.45, 7) is 4.12. The Kier molecular flexibility index (Phi) is 7.98. The maximum Gasteiger partial charge on any atom is 0.241 e. The average Bonchev–Trinajstić information content (AvgIpc) is 2.25. The number of hydrogen-bond donors (Lipinski definition) is 2. The summed E-state index contributed by atoms with van der Waals surface area (Å²) in [6.07, 6.45) is 0.610. The largest absolute Gasteiger partial charge is 0.329 e. The summed E-state index contributed by atoms with van der Waals surface area (Å²) in [7, 11) is -3.82. The summed E-state index contributed by atoms with van der Waals surface area (Å²) in [5, 5.41) is 0.0357. The van der Waals surface area contributed by atoms with Crippen molar-refractivity contribution in [1.29, 1.82) is 0 Å². The van der Waals surface area contributed by atoms with Crippen molar-refractivity contribution >= 4 is 34.0 Å². The van der Waals surface area contributed by atoms with Gasteiger partial charge in [-0.3, -0.25) is 0 Å². The fraction of sp³-hybridized carbons (Fsp3) is 0.500. The number of sulfonamides is 1. The van der Waals surface area contributed by atoms with Crippen LogP contribution in [0.4, 0.5) is 4.39 Å². The van der Waals surface area contributed by atoms with E-state index in [9.17, 15) is 12.8 Å². The fourth-order valence-electron chi connectivity index (χ4n) is 1.73. The Labute approximate surface area is 130 Å². The molecule has 0 aromatic heterocycles. The normalized spacial score (nSPS) is 13.1. The first kappa shape index (κ1) is 19.6. The second-order valence-electron chi connectivity index (χ2n) is 4.79. The smallest absolute Gasteiger partial charge is 0.241 e. The minimum absolute atomic E-state index is 0. The summed E-state index contributed by atoms with van der Waals surface area (Å²) >= 11 is 5.65. The van der Waals surface area contributed by atoms with Gasteiger partial charge < -0.3 is 5.73 Å². The van der Waals surface area contributed by atoms with E-state index in [1.165, 1.54) is 6.07 Å². The zero-order valence-corrected chi connectivity index (χ0v) is 13.7. The molecule has 1 aromatic carbocycles. The molecular weight excluding hydrogens is 326 g/mol. The molecule has 0 spiro atoms. The Morgan fingerprint density at radius 2 is 1.95 bits per heavy atom. The van der Waals surface area contributed by atoms with Gasteiger partial charge in [0.05, 0.1) is 4.90 Å². The van der Waals surface area contributed by atoms with E-state index < -0.39 is 15.8 Å². The van der Waals surface area contributed by atoms with Crippen LogP contribution in [-0.2, 0) is 10.0 Å². The first-order valence-electron chi connectivity index (χ1n) is 5.93. The molecule has 0 aliphatic heterocycles. The SMILES string of the molecule is CC(C)CC(CN)NS(=O)(=O)c1cc(F)cc(Cl)c1.Cl. The maximum absolute atomic E-state index is 13.2. The van der Waals surface area contributed by atoms with Crippen LogP contribution in [0.15, 0.2) is 23.1 Å². The molecule has 1 atom stereocenters. The van der Waals surface area contributed by atoms with Crippen LogP contribution in [0, 0.1) is 11.7 Å². The lowest BCUT2D eigenvalue weighted by molar-refractivity contribution is 0.465. The molecule has 0 aliphatic rings. The topological polar surface area (TPSA) is 72.2 Å². The molecule has 0 bridgehead atoms. The van der Waals surface area contributed by atoms with Gasteiger partial charge in [-0.1, -0.05) is 25.4 Å². The van der Waals surface area contributed by atoms with Crippen LogP contribution in [0.2, 0.25) is 5.02 Å². The van der Waals surface area contributed by atoms with E-state index in [1.54, 1.807) is 0 Å². The third-order valence-corrected chi connectivity index (χ3v) is 4.23. The molecule has 0 saturated carbocycles. The van der Waals surface area contributed by atoms with Crippen LogP contribution < -0.4 is 10.5 Å². The summed E-state index contributed by atoms with van der Waals surface area (Å²) in [5.74, 6) is -0.395. The Morgan fingerprint density at radius 3 is 2.40 bits per heavy atom. The predicted octanol–water partition coefficient (Wildman–Crippen LogP) is 2.55. The standard InChI is InChI=1S/C12H18ClFN2O2S.ClH/c1-8(2)3-11(7-15)16-19(17,18)12-5-9(13)4-10(14)6-12;/h4-6,8,11,16H,3,7,15H2,1-2H3;1H. The van der Waals surface area contributed by atoms with Crippen molar-refractivity contribution in [3.05, 3.63) is 29.0 Å². The summed E-state index contributed by atoms with van der Waals surface area (Å²) < 4.78 is 39.8. The highest BCUT2D eigenvalue weighted by Crippen LogP contribution is 2.19. The van der Waals surface area contributed by atoms with Crippen LogP contribution >= 0.6 is 24.0 Å². The van der Waals surface area contributed by atoms with Gasteiger partial charge in [0.2, 0.25) is 10.0 Å². The molecule has 1 aromatic rings. The first-order valence-corrected chi connectivity index (χ1v) is 7.79. The summed E-state index contributed by atoms with van der Waals surface area (Å²) in [6, 6.07) is 2.80. The van der Waals surface area contributed by atoms with Crippen molar-refractivity contribution in [1.82, 2.24) is 4.72 Å². The highest BCUT2D eigenvalue weighted by Gasteiger charge is 2.21. The van der Waals surface area contributed by atoms with E-state index in [0.29, 0.717) is 12.3 Å². The van der Waals surface area contributed by atoms with Crippen LogP contribution in [0.5, 0.6) is 0 Å². The zero-order valence-electron chi connectivity index (χ0n) is 11.3. The second kappa shape index (κ2) is 8.14. The number of rotatable bonds is 6. The molecular formula is C12H19Cl2FN2O2S. The maximum atomic E-state index is 13.2. The Morgan fingerprint density at radius 1 is 1.35 bits per heavy atom. The number of benzene rings is 1. The predicted molar refractivity (Wildman–Crippen MR) is 81.3 cm³/mol. The summed E-state index contributed by atoms with van der Waals surface area (Å²) in [4.78, 5) is -0.195. The van der Waals surface area contributed by atoms with Crippen LogP contribution in [-0.4, -0.2) is 21.0 Å². The Bertz CT molecular complexity index is 518. The van der Waals surface area contributed by atoms with Gasteiger partial charge in [-0.25, -0.2) is 17.5 Å². The third-order valence-electron chi connectivity index (χ3n) is 2.51. The third kappa shape index (κ3) is 5.93. The van der Waals surface area contributed by atoms with Crippen molar-refractivity contribution < 1.29 is 12.8 Å². The minimum Gasteiger partial charge on any atom is -0.329 e. The molecule has 0 heterocycles. The average molecular weight is 345 g/mol. The quantitative estimate of drug-likeness (QED) is 0.832. The monoisotopic (exact) mass is 344 g/mol. The second-order valence-corrected chi connectivity index (χ2v) is 6.94. The molecule has 0 aliphatic carbocycles. The van der Waals surface area contributed by atoms with Crippen molar-refractivity contribution in [2.45, 2.75) is 31.2 Å². The van der Waals surface area contributed by atoms with Gasteiger partial charge in [-0.05, 0) is 30.5 Å². The molecule has 3 N–H and O–H groups in total. The lowest BCUT2D eigenvalue weighted by Crippen LogP contribution is -2.41. The molecule has 8 heteroatoms. The zero-order chi connectivity index (χ0) is 14.6. The van der Waals surface area contributed by atoms with Crippen molar-refractivity contribution in [2.75, 3.05) is 6.54 Å². The summed E-state index contributed by atoms with van der Waals surface area (Å²) in [5.41, 5.74) is 5.54. The molecule has 20 heavy (non-hydrogen) atoms. The van der Waals surface area contributed by atoms with Crippen LogP contribution in [0.25, 0.3) is 0 Å². The number of halogens is 3. The number of hydrogen-bond acceptors (Lipinski definition) is 3. The molecule has 0 radical (unpaired) electrons. The van der Waals surface area contributed by atoms with Crippen molar-refractivity contribution in [2.24, 2.45) is 11.7 Å². The molecule has 1 unspecified atom stereocenters. The van der Waals surface area contributed by atoms with E-state index in [4.69, 9.17) is 17.3 Å². The molecule has 4 nitrogen and oxygen atoms in total. The van der Waals surface area contributed by atoms with Gasteiger partial charge >= 0.3 is 0 Å². The van der Waals surface area contributed by atoms with Crippen LogP contribution in [0.1, 0.15) is 20.3 Å². The van der Waals surface area contributed by atoms with Gasteiger partial charge in [0.15, 0.2) is 0 Å². The van der Waals surface area contributed by atoms with Crippen molar-refractivity contribution in [3.63, 3.8) is 0 Å². The first-order chi connectivity index (χ1) is 8.74. The van der Waals surface area contributed by atoms with Gasteiger partial charge in [-0.2, -0.15) is 0 Å². The fourth-order valence-corrected chi connectivity index (χ4v) is 3.34. The van der Waals surface area contributed by atoms with E-state index in [-0.39, 0.29) is 34.9 Å². The number of nitrogens with two attached hydrogens (primary N) is 1. The van der Waals surface area contributed by atoms with Gasteiger partial charge in [-0.15, -0.1) is 12.4 Å². The van der Waals surface area contributed by atoms with E-state index in [1.807, 2.05) is 13.8 Å². The molecule has 0 saturated heterocycles. The molecule has 0 amide bonds. The highest BCUT2D eigenvalue weighted by molar-refractivity contribution is 7.89. The van der Waals surface area contributed by atoms with Crippen LogP contribution in [0.3, 0.4) is 0 Å². The lowest BCUT2D eigenvalue weighted by atomic mass is 10.1. The van der Waals surface area contributed by atoms with E-state index in [2.05, 4.69) is 4.72 Å².